The van der Waals surface area contributed by atoms with Crippen LogP contribution in [0.3, 0.4) is 0 Å². The highest BCUT2D eigenvalue weighted by molar-refractivity contribution is 5.87. The van der Waals surface area contributed by atoms with Gasteiger partial charge in [0.25, 0.3) is 5.56 Å². The van der Waals surface area contributed by atoms with E-state index in [2.05, 4.69) is 66.8 Å². The Kier molecular flexibility index (Phi) is 8.31. The molecule has 0 unspecified atom stereocenters. The number of nitrogens with zero attached hydrogens (tertiary/aromatic N) is 5. The summed E-state index contributed by atoms with van der Waals surface area (Å²) in [4.78, 5) is 38.1. The number of aromatic nitrogens is 3. The third kappa shape index (κ3) is 5.23. The van der Waals surface area contributed by atoms with Crippen molar-refractivity contribution in [2.45, 2.75) is 65.1 Å². The highest BCUT2D eigenvalue weighted by Crippen LogP contribution is 2.37. The van der Waals surface area contributed by atoms with Crippen molar-refractivity contribution in [1.82, 2.24) is 24.3 Å². The number of hydrogen-bond donors (Lipinski definition) is 1. The Bertz CT molecular complexity index is 1340. The van der Waals surface area contributed by atoms with Crippen LogP contribution in [0.2, 0.25) is 0 Å². The van der Waals surface area contributed by atoms with E-state index in [-0.39, 0.29) is 29.1 Å². The molecule has 0 spiro atoms. The molecule has 0 aliphatic carbocycles. The third-order valence-corrected chi connectivity index (χ3v) is 8.02. The molecule has 1 aromatic carbocycles. The van der Waals surface area contributed by atoms with Crippen LogP contribution < -0.4 is 10.9 Å². The summed E-state index contributed by atoms with van der Waals surface area (Å²) in [5.41, 5.74) is 2.93. The molecule has 202 valence electrons. The summed E-state index contributed by atoms with van der Waals surface area (Å²) in [6, 6.07) is 12.1. The fraction of sp³-hybridized carbons (Fsp3) is 0.467. The van der Waals surface area contributed by atoms with Crippen LogP contribution in [0.25, 0.3) is 11.0 Å². The summed E-state index contributed by atoms with van der Waals surface area (Å²) < 4.78 is 1.70. The Morgan fingerprint density at radius 2 is 1.71 bits per heavy atom. The number of benzene rings is 1. The number of nitrogens with one attached hydrogen (secondary N) is 1. The Morgan fingerprint density at radius 3 is 2.29 bits per heavy atom. The summed E-state index contributed by atoms with van der Waals surface area (Å²) >= 11 is 0. The predicted molar refractivity (Wildman–Crippen MR) is 153 cm³/mol. The normalized spacial score (nSPS) is 15.6. The molecule has 3 aromatic rings. The van der Waals surface area contributed by atoms with Gasteiger partial charge < -0.3 is 10.2 Å². The maximum absolute atomic E-state index is 12.4. The van der Waals surface area contributed by atoms with E-state index in [9.17, 15) is 9.59 Å². The number of fused-ring (bicyclic) bond motifs is 1. The van der Waals surface area contributed by atoms with Crippen molar-refractivity contribution in [3.05, 3.63) is 76.7 Å². The van der Waals surface area contributed by atoms with Gasteiger partial charge in [0, 0.05) is 55.4 Å². The molecule has 8 heteroatoms. The first-order valence-electron chi connectivity index (χ1n) is 13.7. The van der Waals surface area contributed by atoms with Gasteiger partial charge in [0.2, 0.25) is 11.9 Å². The zero-order valence-corrected chi connectivity index (χ0v) is 23.3. The topological polar surface area (TPSA) is 83.4 Å². The largest absolute Gasteiger partial charge is 0.348 e. The molecule has 3 heterocycles. The van der Waals surface area contributed by atoms with Crippen LogP contribution in [0.4, 0.5) is 5.95 Å². The van der Waals surface area contributed by atoms with Gasteiger partial charge in [-0.3, -0.25) is 19.1 Å². The fourth-order valence-corrected chi connectivity index (χ4v) is 5.74. The van der Waals surface area contributed by atoms with Gasteiger partial charge in [-0.15, -0.1) is 0 Å². The number of rotatable bonds is 9. The number of carbonyl (C=O) groups is 1. The average molecular weight is 517 g/mol. The van der Waals surface area contributed by atoms with E-state index in [1.165, 1.54) is 11.6 Å². The van der Waals surface area contributed by atoms with Crippen LogP contribution in [-0.2, 0) is 10.3 Å². The van der Waals surface area contributed by atoms with Gasteiger partial charge in [-0.05, 0) is 56.9 Å². The molecule has 38 heavy (non-hydrogen) atoms. The Balaban J connectivity index is 1.53. The lowest BCUT2D eigenvalue weighted by molar-refractivity contribution is -0.129. The molecule has 0 radical (unpaired) electrons. The van der Waals surface area contributed by atoms with Gasteiger partial charge in [-0.2, -0.15) is 4.98 Å². The molecule has 8 nitrogen and oxygen atoms in total. The fourth-order valence-electron chi connectivity index (χ4n) is 5.74. The van der Waals surface area contributed by atoms with E-state index in [0.29, 0.717) is 11.6 Å². The molecule has 1 N–H and O–H groups in total. The highest BCUT2D eigenvalue weighted by atomic mass is 16.2. The number of pyridine rings is 1. The van der Waals surface area contributed by atoms with Crippen molar-refractivity contribution in [2.75, 3.05) is 31.5 Å². The maximum atomic E-state index is 12.4. The first kappa shape index (κ1) is 27.5. The summed E-state index contributed by atoms with van der Waals surface area (Å²) in [5, 5.41) is 4.25. The van der Waals surface area contributed by atoms with E-state index in [1.807, 2.05) is 18.7 Å². The summed E-state index contributed by atoms with van der Waals surface area (Å²) in [5.74, 6) is 0.509. The Morgan fingerprint density at radius 1 is 1.05 bits per heavy atom. The predicted octanol–water partition coefficient (Wildman–Crippen LogP) is 4.89. The van der Waals surface area contributed by atoms with Crippen LogP contribution in [0, 0.1) is 0 Å². The molecule has 4 rings (SSSR count). The number of amides is 1. The van der Waals surface area contributed by atoms with E-state index >= 15 is 0 Å². The molecular weight excluding hydrogens is 476 g/mol. The second kappa shape index (κ2) is 11.5. The Hall–Kier alpha value is -3.52. The first-order chi connectivity index (χ1) is 18.2. The molecule has 0 saturated carbocycles. The van der Waals surface area contributed by atoms with Gasteiger partial charge >= 0.3 is 0 Å². The van der Waals surface area contributed by atoms with E-state index in [1.54, 1.807) is 22.9 Å². The van der Waals surface area contributed by atoms with Crippen molar-refractivity contribution in [3.63, 3.8) is 0 Å². The lowest BCUT2D eigenvalue weighted by Crippen LogP contribution is -2.56. The lowest BCUT2D eigenvalue weighted by atomic mass is 9.81. The maximum Gasteiger partial charge on any atom is 0.252 e. The second-order valence-corrected chi connectivity index (χ2v) is 10.4. The minimum absolute atomic E-state index is 0.00164. The van der Waals surface area contributed by atoms with E-state index in [0.717, 1.165) is 50.0 Å². The number of anilines is 1. The second-order valence-electron chi connectivity index (χ2n) is 10.4. The van der Waals surface area contributed by atoms with Crippen LogP contribution in [0.5, 0.6) is 0 Å². The summed E-state index contributed by atoms with van der Waals surface area (Å²) in [6.07, 6.45) is 5.16. The zero-order valence-electron chi connectivity index (χ0n) is 23.3. The zero-order chi connectivity index (χ0) is 27.4. The molecule has 1 aliphatic rings. The van der Waals surface area contributed by atoms with Crippen molar-refractivity contribution in [1.29, 1.82) is 0 Å². The van der Waals surface area contributed by atoms with Crippen molar-refractivity contribution in [3.8, 4) is 0 Å². The van der Waals surface area contributed by atoms with Gasteiger partial charge in [0.05, 0.1) is 6.04 Å². The molecule has 1 saturated heterocycles. The van der Waals surface area contributed by atoms with Crippen molar-refractivity contribution in [2.24, 2.45) is 0 Å². The van der Waals surface area contributed by atoms with Crippen molar-refractivity contribution < 1.29 is 4.79 Å². The first-order valence-corrected chi connectivity index (χ1v) is 13.7. The summed E-state index contributed by atoms with van der Waals surface area (Å²) in [7, 11) is 0. The smallest absolute Gasteiger partial charge is 0.252 e. The van der Waals surface area contributed by atoms with Crippen LogP contribution in [0.1, 0.15) is 70.7 Å². The van der Waals surface area contributed by atoms with Gasteiger partial charge in [-0.1, -0.05) is 44.7 Å². The minimum Gasteiger partial charge on any atom is -0.348 e. The van der Waals surface area contributed by atoms with E-state index < -0.39 is 0 Å². The highest BCUT2D eigenvalue weighted by Gasteiger charge is 2.37. The molecule has 1 aliphatic heterocycles. The minimum atomic E-state index is -0.0690. The number of hydrogen-bond acceptors (Lipinski definition) is 6. The SMILES string of the molecule is C=CC(=O)N1CCN(C(CC)(CC)c2ccc([C@H](C)Nc3ncc4ccc(=O)n(C(C)C)c4n3)cc2)CC1. The quantitative estimate of drug-likeness (QED) is 0.408. The standard InChI is InChI=1S/C30H40N6O2/c1-7-26(37)34-16-18-35(19-17-34)30(8-2,9-3)25-13-10-23(11-14-25)22(6)32-29-31-20-24-12-15-27(38)36(21(4)5)28(24)33-29/h7,10-15,20-22H,1,8-9,16-19H2,2-6H3,(H,31,32,33)/t22-/m0/s1. The van der Waals surface area contributed by atoms with Crippen LogP contribution >= 0.6 is 0 Å². The molecular formula is C30H40N6O2. The number of carbonyl (C=O) groups excluding carboxylic acids is 1. The summed E-state index contributed by atoms with van der Waals surface area (Å²) in [6.45, 7) is 17.3. The monoisotopic (exact) mass is 516 g/mol. The lowest BCUT2D eigenvalue weighted by Gasteiger charge is -2.47. The Labute approximate surface area is 225 Å². The van der Waals surface area contributed by atoms with E-state index in [4.69, 9.17) is 4.98 Å². The molecule has 0 bridgehead atoms. The third-order valence-electron chi connectivity index (χ3n) is 8.02. The van der Waals surface area contributed by atoms with Gasteiger partial charge in [0.15, 0.2) is 0 Å². The van der Waals surface area contributed by atoms with Crippen LogP contribution in [0.15, 0.2) is 60.0 Å². The van der Waals surface area contributed by atoms with Gasteiger partial charge in [0.1, 0.15) is 5.65 Å². The van der Waals surface area contributed by atoms with Crippen LogP contribution in [-0.4, -0.2) is 56.4 Å². The van der Waals surface area contributed by atoms with Gasteiger partial charge in [-0.25, -0.2) is 4.98 Å². The molecule has 1 amide bonds. The molecule has 2 aromatic heterocycles. The van der Waals surface area contributed by atoms with Crippen molar-refractivity contribution >= 4 is 22.9 Å². The number of piperazine rings is 1. The average Bonchev–Trinajstić information content (AvgIpc) is 2.94. The molecule has 1 atom stereocenters. The molecule has 1 fully saturated rings.